The molecular formula is C18H13F3N2OS. The molecular weight excluding hydrogens is 349 g/mol. The van der Waals surface area contributed by atoms with Gasteiger partial charge in [0.2, 0.25) is 0 Å². The molecule has 1 aliphatic heterocycles. The molecule has 0 N–H and O–H groups in total. The third-order valence-corrected chi connectivity index (χ3v) is 5.20. The van der Waals surface area contributed by atoms with Gasteiger partial charge < -0.3 is 0 Å². The van der Waals surface area contributed by atoms with Gasteiger partial charge in [0, 0.05) is 16.3 Å². The molecule has 0 spiro atoms. The number of halogens is 3. The minimum atomic E-state index is -4.46. The van der Waals surface area contributed by atoms with Gasteiger partial charge in [-0.2, -0.15) is 13.2 Å². The van der Waals surface area contributed by atoms with Gasteiger partial charge in [-0.1, -0.05) is 0 Å². The zero-order valence-electron chi connectivity index (χ0n) is 13.2. The number of fused-ring (bicyclic) bond motifs is 2. The number of thiophene rings is 1. The van der Waals surface area contributed by atoms with Crippen LogP contribution in [0.4, 0.5) is 13.2 Å². The van der Waals surface area contributed by atoms with E-state index in [2.05, 4.69) is 4.98 Å². The fraction of sp³-hybridized carbons (Fsp3) is 0.222. The fourth-order valence-corrected chi connectivity index (χ4v) is 3.88. The zero-order valence-corrected chi connectivity index (χ0v) is 14.0. The zero-order chi connectivity index (χ0) is 17.8. The van der Waals surface area contributed by atoms with Crippen LogP contribution in [0.2, 0.25) is 0 Å². The number of alkyl halides is 3. The van der Waals surface area contributed by atoms with Crippen LogP contribution in [0.15, 0.2) is 35.1 Å². The van der Waals surface area contributed by atoms with E-state index in [1.807, 2.05) is 25.1 Å². The van der Waals surface area contributed by atoms with Gasteiger partial charge in [-0.15, -0.1) is 11.3 Å². The summed E-state index contributed by atoms with van der Waals surface area (Å²) >= 11 is 1.62. The molecule has 2 aromatic heterocycles. The molecule has 0 saturated carbocycles. The lowest BCUT2D eigenvalue weighted by atomic mass is 10.1. The summed E-state index contributed by atoms with van der Waals surface area (Å²) in [6.45, 7) is 2.50. The normalized spacial score (nSPS) is 15.9. The minimum Gasteiger partial charge on any atom is -0.292 e. The third kappa shape index (κ3) is 2.78. The van der Waals surface area contributed by atoms with Crippen molar-refractivity contribution in [2.24, 2.45) is 0 Å². The molecule has 3 heterocycles. The van der Waals surface area contributed by atoms with E-state index in [0.717, 1.165) is 22.6 Å². The largest absolute Gasteiger partial charge is 0.416 e. The molecule has 4 rings (SSSR count). The fourth-order valence-electron chi connectivity index (χ4n) is 3.03. The van der Waals surface area contributed by atoms with Gasteiger partial charge >= 0.3 is 6.18 Å². The molecule has 7 heteroatoms. The number of hydrogen-bond acceptors (Lipinski definition) is 3. The Morgan fingerprint density at radius 3 is 2.72 bits per heavy atom. The summed E-state index contributed by atoms with van der Waals surface area (Å²) in [7, 11) is 0. The average Bonchev–Trinajstić information content (AvgIpc) is 3.13. The number of hydrogen-bond donors (Lipinski definition) is 0. The summed E-state index contributed by atoms with van der Waals surface area (Å²) in [5, 5.41) is 0.213. The van der Waals surface area contributed by atoms with Gasteiger partial charge in [0.25, 0.3) is 5.56 Å². The lowest BCUT2D eigenvalue weighted by Gasteiger charge is -2.09. The quantitative estimate of drug-likeness (QED) is 0.627. The van der Waals surface area contributed by atoms with Crippen LogP contribution in [0.25, 0.3) is 22.6 Å². The Balaban J connectivity index is 1.90. The molecule has 0 saturated heterocycles. The predicted octanol–water partition coefficient (Wildman–Crippen LogP) is 4.73. The number of nitrogens with zero attached hydrogens (tertiary/aromatic N) is 2. The summed E-state index contributed by atoms with van der Waals surface area (Å²) in [6.07, 6.45) is -1.86. The minimum absolute atomic E-state index is 0.0845. The van der Waals surface area contributed by atoms with Crippen LogP contribution in [0, 0.1) is 6.92 Å². The van der Waals surface area contributed by atoms with E-state index in [-0.39, 0.29) is 16.5 Å². The maximum Gasteiger partial charge on any atom is 0.416 e. The van der Waals surface area contributed by atoms with Crippen LogP contribution in [0.3, 0.4) is 0 Å². The smallest absolute Gasteiger partial charge is 0.292 e. The van der Waals surface area contributed by atoms with Crippen LogP contribution in [0.5, 0.6) is 0 Å². The van der Waals surface area contributed by atoms with Crippen molar-refractivity contribution in [1.29, 1.82) is 0 Å². The maximum absolute atomic E-state index is 12.9. The molecule has 0 fully saturated rings. The van der Waals surface area contributed by atoms with Gasteiger partial charge in [-0.25, -0.2) is 4.98 Å². The van der Waals surface area contributed by atoms with Crippen molar-refractivity contribution < 1.29 is 13.2 Å². The lowest BCUT2D eigenvalue weighted by molar-refractivity contribution is -0.137. The monoisotopic (exact) mass is 362 g/mol. The molecule has 0 unspecified atom stereocenters. The molecule has 128 valence electrons. The number of aryl methyl sites for hydroxylation is 1. The Morgan fingerprint density at radius 2 is 2.04 bits per heavy atom. The molecule has 25 heavy (non-hydrogen) atoms. The lowest BCUT2D eigenvalue weighted by Crippen LogP contribution is -2.21. The number of rotatable bonds is 1. The van der Waals surface area contributed by atoms with Crippen molar-refractivity contribution in [3.63, 3.8) is 0 Å². The van der Waals surface area contributed by atoms with Crippen LogP contribution >= 0.6 is 11.3 Å². The number of benzene rings is 1. The summed E-state index contributed by atoms with van der Waals surface area (Å²) in [5.74, 6) is 0.461. The molecule has 0 amide bonds. The molecule has 0 aliphatic carbocycles. The van der Waals surface area contributed by atoms with E-state index in [4.69, 9.17) is 0 Å². The van der Waals surface area contributed by atoms with E-state index < -0.39 is 11.7 Å². The van der Waals surface area contributed by atoms with Crippen molar-refractivity contribution >= 4 is 33.9 Å². The van der Waals surface area contributed by atoms with E-state index in [1.165, 1.54) is 10.9 Å². The Morgan fingerprint density at radius 1 is 1.24 bits per heavy atom. The van der Waals surface area contributed by atoms with Gasteiger partial charge in [-0.3, -0.25) is 9.36 Å². The first-order chi connectivity index (χ1) is 11.8. The topological polar surface area (TPSA) is 34.9 Å². The number of aromatic nitrogens is 2. The van der Waals surface area contributed by atoms with E-state index >= 15 is 0 Å². The van der Waals surface area contributed by atoms with Gasteiger partial charge in [0.05, 0.1) is 16.5 Å². The van der Waals surface area contributed by atoms with Gasteiger partial charge in [-0.05, 0) is 55.3 Å². The molecule has 1 aromatic carbocycles. The van der Waals surface area contributed by atoms with E-state index in [1.54, 1.807) is 15.9 Å². The Bertz CT molecular complexity index is 1080. The Kier molecular flexibility index (Phi) is 3.57. The molecule has 0 bridgehead atoms. The first-order valence-corrected chi connectivity index (χ1v) is 8.54. The molecule has 0 atom stereocenters. The van der Waals surface area contributed by atoms with Crippen LogP contribution < -0.4 is 5.56 Å². The predicted molar refractivity (Wildman–Crippen MR) is 92.5 cm³/mol. The van der Waals surface area contributed by atoms with Crippen LogP contribution in [0.1, 0.15) is 27.6 Å². The van der Waals surface area contributed by atoms with Crippen molar-refractivity contribution in [3.05, 3.63) is 61.8 Å². The highest BCUT2D eigenvalue weighted by molar-refractivity contribution is 7.12. The van der Waals surface area contributed by atoms with Crippen LogP contribution in [-0.4, -0.2) is 9.55 Å². The van der Waals surface area contributed by atoms with Gasteiger partial charge in [0.15, 0.2) is 0 Å². The Hall–Kier alpha value is -2.41. The third-order valence-electron chi connectivity index (χ3n) is 4.25. The summed E-state index contributed by atoms with van der Waals surface area (Å²) in [6, 6.07) is 7.07. The van der Waals surface area contributed by atoms with Crippen molar-refractivity contribution in [1.82, 2.24) is 9.55 Å². The second-order valence-electron chi connectivity index (χ2n) is 5.99. The molecule has 1 aliphatic rings. The van der Waals surface area contributed by atoms with E-state index in [0.29, 0.717) is 18.8 Å². The van der Waals surface area contributed by atoms with Crippen molar-refractivity contribution in [2.75, 3.05) is 0 Å². The van der Waals surface area contributed by atoms with Crippen molar-refractivity contribution in [3.8, 4) is 0 Å². The second kappa shape index (κ2) is 5.56. The highest BCUT2D eigenvalue weighted by Gasteiger charge is 2.31. The molecule has 3 nitrogen and oxygen atoms in total. The highest BCUT2D eigenvalue weighted by Crippen LogP contribution is 2.32. The first-order valence-electron chi connectivity index (χ1n) is 7.72. The van der Waals surface area contributed by atoms with Crippen LogP contribution in [-0.2, 0) is 12.7 Å². The maximum atomic E-state index is 12.9. The SMILES string of the molecule is Cc1ccc(/C=C2\CCn3c2nc2cc(C(F)(F)F)ccc2c3=O)s1. The van der Waals surface area contributed by atoms with Gasteiger partial charge in [0.1, 0.15) is 5.82 Å². The first kappa shape index (κ1) is 16.1. The molecule has 0 radical (unpaired) electrons. The summed E-state index contributed by atoms with van der Waals surface area (Å²) < 4.78 is 40.4. The summed E-state index contributed by atoms with van der Waals surface area (Å²) in [4.78, 5) is 19.2. The number of allylic oxidation sites excluding steroid dienone is 1. The highest BCUT2D eigenvalue weighted by atomic mass is 32.1. The summed E-state index contributed by atoms with van der Waals surface area (Å²) in [5.41, 5.74) is -0.131. The second-order valence-corrected chi connectivity index (χ2v) is 7.31. The molecule has 3 aromatic rings. The van der Waals surface area contributed by atoms with Crippen molar-refractivity contribution in [2.45, 2.75) is 26.1 Å². The Labute approximate surface area is 145 Å². The standard InChI is InChI=1S/C18H13F3N2OS/c1-10-2-4-13(25-10)8-11-6-7-23-16(11)22-15-9-12(18(19,20)21)3-5-14(15)17(23)24/h2-5,8-9H,6-7H2,1H3/b11-8+. The van der Waals surface area contributed by atoms with E-state index in [9.17, 15) is 18.0 Å². The average molecular weight is 362 g/mol.